The molecule has 4 nitrogen and oxygen atoms in total. The summed E-state index contributed by atoms with van der Waals surface area (Å²) in [5, 5.41) is 15.2. The molecule has 0 bridgehead atoms. The van der Waals surface area contributed by atoms with E-state index in [1.165, 1.54) is 29.5 Å². The standard InChI is InChI=1S/C22H19F3N2O2S/c1-12(2)20-19(10-9-17-16-8-7-15(28)11-18(16)29-27-17)30-21(26-20)13-3-5-14(6-4-13)22(23,24)25/h3-8,11-12,28H,9-10H2,1-2H3. The highest BCUT2D eigenvalue weighted by atomic mass is 32.1. The number of nitrogens with zero attached hydrogens (tertiary/aromatic N) is 2. The van der Waals surface area contributed by atoms with Gasteiger partial charge in [-0.3, -0.25) is 0 Å². The molecule has 0 atom stereocenters. The van der Waals surface area contributed by atoms with Crippen LogP contribution in [0.15, 0.2) is 47.0 Å². The van der Waals surface area contributed by atoms with Gasteiger partial charge in [-0.15, -0.1) is 11.3 Å². The Bertz CT molecular complexity index is 1180. The van der Waals surface area contributed by atoms with Crippen molar-refractivity contribution in [3.05, 3.63) is 64.3 Å². The van der Waals surface area contributed by atoms with Crippen LogP contribution in [-0.4, -0.2) is 15.2 Å². The van der Waals surface area contributed by atoms with Crippen LogP contribution in [-0.2, 0) is 19.0 Å². The number of alkyl halides is 3. The number of rotatable bonds is 5. The summed E-state index contributed by atoms with van der Waals surface area (Å²) in [6.45, 7) is 4.09. The van der Waals surface area contributed by atoms with Gasteiger partial charge >= 0.3 is 6.18 Å². The second kappa shape index (κ2) is 7.75. The maximum atomic E-state index is 12.8. The van der Waals surface area contributed by atoms with Gasteiger partial charge in [-0.25, -0.2) is 4.98 Å². The molecule has 0 saturated carbocycles. The van der Waals surface area contributed by atoms with E-state index in [9.17, 15) is 18.3 Å². The van der Waals surface area contributed by atoms with E-state index in [-0.39, 0.29) is 11.7 Å². The van der Waals surface area contributed by atoms with E-state index in [1.807, 2.05) is 13.8 Å². The normalized spacial score (nSPS) is 12.2. The molecular weight excluding hydrogens is 413 g/mol. The van der Waals surface area contributed by atoms with Crippen LogP contribution in [0.5, 0.6) is 5.75 Å². The Morgan fingerprint density at radius 2 is 1.80 bits per heavy atom. The Kier molecular flexibility index (Phi) is 5.27. The van der Waals surface area contributed by atoms with Gasteiger partial charge in [-0.1, -0.05) is 31.1 Å². The van der Waals surface area contributed by atoms with Gasteiger partial charge in [0, 0.05) is 21.9 Å². The highest BCUT2D eigenvalue weighted by molar-refractivity contribution is 7.15. The minimum atomic E-state index is -4.35. The Labute approximate surface area is 175 Å². The molecule has 0 saturated heterocycles. The number of benzene rings is 2. The summed E-state index contributed by atoms with van der Waals surface area (Å²) in [6.07, 6.45) is -3.03. The minimum Gasteiger partial charge on any atom is -0.508 e. The van der Waals surface area contributed by atoms with Crippen molar-refractivity contribution in [2.24, 2.45) is 0 Å². The van der Waals surface area contributed by atoms with Gasteiger partial charge in [0.1, 0.15) is 10.8 Å². The van der Waals surface area contributed by atoms with Crippen LogP contribution in [0, 0.1) is 0 Å². The summed E-state index contributed by atoms with van der Waals surface area (Å²) in [5.41, 5.74) is 2.27. The van der Waals surface area contributed by atoms with Crippen LogP contribution in [0.2, 0.25) is 0 Å². The van der Waals surface area contributed by atoms with Gasteiger partial charge in [-0.2, -0.15) is 13.2 Å². The lowest BCUT2D eigenvalue weighted by Crippen LogP contribution is -2.03. The van der Waals surface area contributed by atoms with Crippen LogP contribution < -0.4 is 0 Å². The molecule has 30 heavy (non-hydrogen) atoms. The monoisotopic (exact) mass is 432 g/mol. The van der Waals surface area contributed by atoms with Gasteiger partial charge in [0.2, 0.25) is 0 Å². The molecule has 0 amide bonds. The van der Waals surface area contributed by atoms with E-state index >= 15 is 0 Å². The quantitative estimate of drug-likeness (QED) is 0.387. The van der Waals surface area contributed by atoms with Crippen LogP contribution in [0.25, 0.3) is 21.5 Å². The molecule has 2 aromatic heterocycles. The fourth-order valence-corrected chi connectivity index (χ4v) is 4.53. The van der Waals surface area contributed by atoms with Crippen molar-refractivity contribution in [3.8, 4) is 16.3 Å². The number of aromatic hydroxyl groups is 1. The zero-order valence-corrected chi connectivity index (χ0v) is 17.1. The third-order valence-electron chi connectivity index (χ3n) is 4.85. The van der Waals surface area contributed by atoms with E-state index in [0.29, 0.717) is 29.0 Å². The molecule has 8 heteroatoms. The fourth-order valence-electron chi connectivity index (χ4n) is 3.31. The molecule has 2 heterocycles. The molecule has 2 aromatic carbocycles. The highest BCUT2D eigenvalue weighted by Gasteiger charge is 2.30. The molecule has 0 fully saturated rings. The SMILES string of the molecule is CC(C)c1nc(-c2ccc(C(F)(F)F)cc2)sc1CCc1noc2cc(O)ccc12. The van der Waals surface area contributed by atoms with Crippen molar-refractivity contribution in [1.82, 2.24) is 10.1 Å². The van der Waals surface area contributed by atoms with E-state index in [1.54, 1.807) is 12.1 Å². The molecule has 0 radical (unpaired) electrons. The summed E-state index contributed by atoms with van der Waals surface area (Å²) < 4.78 is 43.8. The number of aryl methyl sites for hydroxylation is 2. The van der Waals surface area contributed by atoms with E-state index in [2.05, 4.69) is 5.16 Å². The van der Waals surface area contributed by atoms with Gasteiger partial charge in [0.15, 0.2) is 5.58 Å². The van der Waals surface area contributed by atoms with Crippen molar-refractivity contribution in [2.75, 3.05) is 0 Å². The number of fused-ring (bicyclic) bond motifs is 1. The first-order chi connectivity index (χ1) is 14.2. The first-order valence-corrected chi connectivity index (χ1v) is 10.3. The van der Waals surface area contributed by atoms with Gasteiger partial charge < -0.3 is 9.63 Å². The van der Waals surface area contributed by atoms with Crippen molar-refractivity contribution in [2.45, 2.75) is 38.8 Å². The van der Waals surface area contributed by atoms with Gasteiger partial charge in [-0.05, 0) is 43.0 Å². The minimum absolute atomic E-state index is 0.121. The summed E-state index contributed by atoms with van der Waals surface area (Å²) in [6, 6.07) is 10.0. The maximum absolute atomic E-state index is 12.8. The second-order valence-corrected chi connectivity index (χ2v) is 8.45. The molecule has 0 aliphatic carbocycles. The fraction of sp³-hybridized carbons (Fsp3) is 0.273. The van der Waals surface area contributed by atoms with Crippen LogP contribution in [0.4, 0.5) is 13.2 Å². The topological polar surface area (TPSA) is 59.2 Å². The second-order valence-electron chi connectivity index (χ2n) is 7.37. The third kappa shape index (κ3) is 4.05. The Balaban J connectivity index is 1.59. The zero-order valence-electron chi connectivity index (χ0n) is 16.3. The van der Waals surface area contributed by atoms with E-state index in [0.717, 1.165) is 33.8 Å². The largest absolute Gasteiger partial charge is 0.508 e. The van der Waals surface area contributed by atoms with E-state index < -0.39 is 11.7 Å². The molecule has 0 aliphatic heterocycles. The van der Waals surface area contributed by atoms with Gasteiger partial charge in [0.05, 0.1) is 17.0 Å². The molecular formula is C22H19F3N2O2S. The van der Waals surface area contributed by atoms with Crippen molar-refractivity contribution in [1.29, 1.82) is 0 Å². The van der Waals surface area contributed by atoms with Crippen LogP contribution >= 0.6 is 11.3 Å². The number of hydrogen-bond donors (Lipinski definition) is 1. The first kappa shape index (κ1) is 20.4. The lowest BCUT2D eigenvalue weighted by atomic mass is 10.1. The Morgan fingerprint density at radius 1 is 1.07 bits per heavy atom. The van der Waals surface area contributed by atoms with Crippen molar-refractivity contribution < 1.29 is 22.8 Å². The van der Waals surface area contributed by atoms with Gasteiger partial charge in [0.25, 0.3) is 0 Å². The first-order valence-electron chi connectivity index (χ1n) is 9.47. The number of halogens is 3. The molecule has 0 unspecified atom stereocenters. The molecule has 156 valence electrons. The lowest BCUT2D eigenvalue weighted by molar-refractivity contribution is -0.137. The smallest absolute Gasteiger partial charge is 0.416 e. The molecule has 0 spiro atoms. The van der Waals surface area contributed by atoms with Crippen molar-refractivity contribution in [3.63, 3.8) is 0 Å². The number of phenolic OH excluding ortho intramolecular Hbond substituents is 1. The van der Waals surface area contributed by atoms with Crippen LogP contribution in [0.3, 0.4) is 0 Å². The average Bonchev–Trinajstić information content (AvgIpc) is 3.29. The number of aromatic nitrogens is 2. The predicted octanol–water partition coefficient (Wildman–Crippen LogP) is 6.58. The summed E-state index contributed by atoms with van der Waals surface area (Å²) in [5.74, 6) is 0.307. The summed E-state index contributed by atoms with van der Waals surface area (Å²) >= 11 is 1.49. The summed E-state index contributed by atoms with van der Waals surface area (Å²) in [7, 11) is 0. The molecule has 0 aliphatic rings. The number of hydrogen-bond acceptors (Lipinski definition) is 5. The van der Waals surface area contributed by atoms with E-state index in [4.69, 9.17) is 9.51 Å². The highest BCUT2D eigenvalue weighted by Crippen LogP contribution is 2.35. The molecule has 4 rings (SSSR count). The molecule has 1 N–H and O–H groups in total. The average molecular weight is 432 g/mol. The lowest BCUT2D eigenvalue weighted by Gasteiger charge is -2.06. The maximum Gasteiger partial charge on any atom is 0.416 e. The zero-order chi connectivity index (χ0) is 21.5. The number of thiazole rings is 1. The Morgan fingerprint density at radius 3 is 2.47 bits per heavy atom. The predicted molar refractivity (Wildman–Crippen MR) is 110 cm³/mol. The van der Waals surface area contributed by atoms with Crippen molar-refractivity contribution >= 4 is 22.3 Å². The summed E-state index contributed by atoms with van der Waals surface area (Å²) in [4.78, 5) is 5.78. The van der Waals surface area contributed by atoms with Crippen LogP contribution in [0.1, 0.15) is 41.6 Å². The Hall–Kier alpha value is -2.87. The third-order valence-corrected chi connectivity index (χ3v) is 6.03. The number of phenols is 1. The molecule has 4 aromatic rings.